The van der Waals surface area contributed by atoms with Crippen LogP contribution >= 0.6 is 11.3 Å². The minimum atomic E-state index is -0.926. The third-order valence-corrected chi connectivity index (χ3v) is 4.92. The maximum absolute atomic E-state index is 12.8. The number of aliphatic hydroxyl groups excluding tert-OH is 2. The van der Waals surface area contributed by atoms with Gasteiger partial charge in [-0.05, 0) is 29.1 Å². The molecule has 1 amide bonds. The molecule has 0 saturated heterocycles. The number of nitrogens with zero attached hydrogens (tertiary/aromatic N) is 2. The molecular formula is C17H14N2O6S. The van der Waals surface area contributed by atoms with Gasteiger partial charge in [0, 0.05) is 18.7 Å². The molecule has 134 valence electrons. The van der Waals surface area contributed by atoms with E-state index < -0.39 is 28.4 Å². The number of benzene rings is 1. The number of thiophene rings is 1. The molecule has 3 rings (SSSR count). The molecule has 1 aromatic carbocycles. The van der Waals surface area contributed by atoms with Crippen molar-refractivity contribution < 1.29 is 24.7 Å². The van der Waals surface area contributed by atoms with Gasteiger partial charge < -0.3 is 15.1 Å². The van der Waals surface area contributed by atoms with Crippen molar-refractivity contribution in [3.05, 3.63) is 73.7 Å². The molecule has 2 aromatic rings. The van der Waals surface area contributed by atoms with Gasteiger partial charge in [0.15, 0.2) is 5.76 Å². The highest BCUT2D eigenvalue weighted by Crippen LogP contribution is 2.39. The number of rotatable bonds is 6. The topological polar surface area (TPSA) is 121 Å². The lowest BCUT2D eigenvalue weighted by Gasteiger charge is -2.25. The summed E-state index contributed by atoms with van der Waals surface area (Å²) >= 11 is 1.18. The van der Waals surface area contributed by atoms with E-state index in [1.807, 2.05) is 0 Å². The second-order valence-corrected chi connectivity index (χ2v) is 6.49. The van der Waals surface area contributed by atoms with Gasteiger partial charge in [0.1, 0.15) is 0 Å². The highest BCUT2D eigenvalue weighted by Gasteiger charge is 2.43. The van der Waals surface area contributed by atoms with Crippen LogP contribution in [0.3, 0.4) is 0 Å². The molecule has 0 aliphatic carbocycles. The van der Waals surface area contributed by atoms with E-state index in [9.17, 15) is 29.9 Å². The van der Waals surface area contributed by atoms with Gasteiger partial charge in [-0.3, -0.25) is 19.7 Å². The Hall–Kier alpha value is -3.04. The normalized spacial score (nSPS) is 17.0. The van der Waals surface area contributed by atoms with Gasteiger partial charge >= 0.3 is 0 Å². The van der Waals surface area contributed by atoms with Crippen LogP contribution in [0.1, 0.15) is 21.3 Å². The van der Waals surface area contributed by atoms with Crippen molar-refractivity contribution in [2.45, 2.75) is 6.04 Å². The van der Waals surface area contributed by atoms with Gasteiger partial charge in [-0.15, -0.1) is 11.3 Å². The molecule has 1 unspecified atom stereocenters. The summed E-state index contributed by atoms with van der Waals surface area (Å²) in [4.78, 5) is 37.0. The molecular weight excluding hydrogens is 360 g/mol. The summed E-state index contributed by atoms with van der Waals surface area (Å²) in [5.41, 5.74) is 0.201. The van der Waals surface area contributed by atoms with E-state index in [-0.39, 0.29) is 24.4 Å². The number of hydrogen-bond donors (Lipinski definition) is 2. The monoisotopic (exact) mass is 374 g/mol. The molecule has 0 spiro atoms. The molecule has 0 saturated carbocycles. The highest BCUT2D eigenvalue weighted by molar-refractivity contribution is 7.12. The van der Waals surface area contributed by atoms with E-state index in [0.29, 0.717) is 10.4 Å². The van der Waals surface area contributed by atoms with E-state index in [2.05, 4.69) is 0 Å². The van der Waals surface area contributed by atoms with Crippen LogP contribution in [-0.2, 0) is 4.79 Å². The third kappa shape index (κ3) is 2.98. The van der Waals surface area contributed by atoms with Crippen LogP contribution in [-0.4, -0.2) is 44.9 Å². The highest BCUT2D eigenvalue weighted by atomic mass is 32.1. The van der Waals surface area contributed by atoms with Crippen LogP contribution in [0, 0.1) is 10.1 Å². The standard InChI is InChI=1S/C17H14N2O6S/c20-8-7-18-14(10-3-5-11(6-4-10)19(24)25)13(16(22)17(18)23)15(21)12-2-1-9-26-12/h1-6,9,14,20,22H,7-8H2. The molecule has 9 heteroatoms. The molecule has 1 aromatic heterocycles. The van der Waals surface area contributed by atoms with Gasteiger partial charge in [-0.2, -0.15) is 0 Å². The number of hydrogen-bond acceptors (Lipinski definition) is 7. The van der Waals surface area contributed by atoms with E-state index in [1.165, 1.54) is 40.5 Å². The Bertz CT molecular complexity index is 888. The third-order valence-electron chi connectivity index (χ3n) is 4.05. The molecule has 2 N–H and O–H groups in total. The summed E-state index contributed by atoms with van der Waals surface area (Å²) in [6.07, 6.45) is 0. The molecule has 0 fully saturated rings. The predicted molar refractivity (Wildman–Crippen MR) is 92.9 cm³/mol. The Morgan fingerprint density at radius 2 is 1.96 bits per heavy atom. The molecule has 0 radical (unpaired) electrons. The maximum Gasteiger partial charge on any atom is 0.290 e. The number of non-ortho nitro benzene ring substituents is 1. The number of carbonyl (C=O) groups excluding carboxylic acids is 2. The maximum atomic E-state index is 12.8. The Balaban J connectivity index is 2.08. The van der Waals surface area contributed by atoms with Crippen molar-refractivity contribution in [1.82, 2.24) is 4.90 Å². The second-order valence-electron chi connectivity index (χ2n) is 5.54. The zero-order chi connectivity index (χ0) is 18.8. The average Bonchev–Trinajstić information content (AvgIpc) is 3.25. The number of aliphatic hydroxyl groups is 2. The van der Waals surface area contributed by atoms with E-state index in [4.69, 9.17) is 0 Å². The van der Waals surface area contributed by atoms with E-state index >= 15 is 0 Å². The molecule has 8 nitrogen and oxygen atoms in total. The Morgan fingerprint density at radius 3 is 2.50 bits per heavy atom. The average molecular weight is 374 g/mol. The smallest absolute Gasteiger partial charge is 0.290 e. The van der Waals surface area contributed by atoms with Gasteiger partial charge in [-0.25, -0.2) is 0 Å². The van der Waals surface area contributed by atoms with Crippen molar-refractivity contribution in [1.29, 1.82) is 0 Å². The van der Waals surface area contributed by atoms with Crippen molar-refractivity contribution in [2.24, 2.45) is 0 Å². The van der Waals surface area contributed by atoms with E-state index in [0.717, 1.165) is 0 Å². The van der Waals surface area contributed by atoms with Gasteiger partial charge in [-0.1, -0.05) is 6.07 Å². The Labute approximate surface area is 151 Å². The summed E-state index contributed by atoms with van der Waals surface area (Å²) in [7, 11) is 0. The van der Waals surface area contributed by atoms with Crippen molar-refractivity contribution >= 4 is 28.7 Å². The fourth-order valence-electron chi connectivity index (χ4n) is 2.89. The summed E-state index contributed by atoms with van der Waals surface area (Å²) in [6, 6.07) is 7.73. The molecule has 1 atom stereocenters. The Kier molecular flexibility index (Phi) is 4.83. The fraction of sp³-hybridized carbons (Fsp3) is 0.176. The minimum absolute atomic E-state index is 0.0915. The minimum Gasteiger partial charge on any atom is -0.503 e. The molecule has 0 bridgehead atoms. The van der Waals surface area contributed by atoms with Gasteiger partial charge in [0.05, 0.1) is 28.0 Å². The number of Topliss-reactive ketones (excluding diaryl/α,β-unsaturated/α-hetero) is 1. The first-order chi connectivity index (χ1) is 12.5. The molecule has 1 aliphatic heterocycles. The summed E-state index contributed by atoms with van der Waals surface area (Å²) in [6.45, 7) is -0.450. The van der Waals surface area contributed by atoms with Crippen LogP contribution in [0.2, 0.25) is 0 Å². The van der Waals surface area contributed by atoms with Gasteiger partial charge in [0.2, 0.25) is 5.78 Å². The lowest BCUT2D eigenvalue weighted by atomic mass is 9.95. The number of nitro benzene ring substituents is 1. The SMILES string of the molecule is O=C(C1=C(O)C(=O)N(CCO)C1c1ccc([N+](=O)[O-])cc1)c1cccs1. The first-order valence-electron chi connectivity index (χ1n) is 7.63. The van der Waals surface area contributed by atoms with Crippen LogP contribution in [0.4, 0.5) is 5.69 Å². The summed E-state index contributed by atoms with van der Waals surface area (Å²) < 4.78 is 0. The van der Waals surface area contributed by atoms with Crippen molar-refractivity contribution in [3.8, 4) is 0 Å². The molecule has 26 heavy (non-hydrogen) atoms. The zero-order valence-electron chi connectivity index (χ0n) is 13.4. The largest absolute Gasteiger partial charge is 0.503 e. The van der Waals surface area contributed by atoms with E-state index in [1.54, 1.807) is 17.5 Å². The predicted octanol–water partition coefficient (Wildman–Crippen LogP) is 2.23. The first-order valence-corrected chi connectivity index (χ1v) is 8.51. The summed E-state index contributed by atoms with van der Waals surface area (Å²) in [5, 5.41) is 32.1. The molecule has 2 heterocycles. The quantitative estimate of drug-likeness (QED) is 0.454. The zero-order valence-corrected chi connectivity index (χ0v) is 14.2. The van der Waals surface area contributed by atoms with Crippen LogP contribution in [0.25, 0.3) is 0 Å². The number of amides is 1. The second kappa shape index (κ2) is 7.06. The fourth-order valence-corrected chi connectivity index (χ4v) is 3.57. The lowest BCUT2D eigenvalue weighted by Crippen LogP contribution is -2.33. The number of carbonyl (C=O) groups is 2. The number of β-amino-alcohol motifs (C(OH)–C–C–N with tert-alkyl or cyclic N) is 1. The molecule has 1 aliphatic rings. The number of nitro groups is 1. The lowest BCUT2D eigenvalue weighted by molar-refractivity contribution is -0.384. The van der Waals surface area contributed by atoms with Crippen LogP contribution in [0.15, 0.2) is 53.1 Å². The first kappa shape index (κ1) is 17.8. The van der Waals surface area contributed by atoms with Crippen LogP contribution < -0.4 is 0 Å². The number of ketones is 1. The van der Waals surface area contributed by atoms with Crippen molar-refractivity contribution in [3.63, 3.8) is 0 Å². The van der Waals surface area contributed by atoms with Crippen LogP contribution in [0.5, 0.6) is 0 Å². The van der Waals surface area contributed by atoms with Crippen molar-refractivity contribution in [2.75, 3.05) is 13.2 Å². The summed E-state index contributed by atoms with van der Waals surface area (Å²) in [5.74, 6) is -1.92. The van der Waals surface area contributed by atoms with Gasteiger partial charge in [0.25, 0.3) is 11.6 Å². The Morgan fingerprint density at radius 1 is 1.27 bits per heavy atom.